The van der Waals surface area contributed by atoms with E-state index in [0.29, 0.717) is 0 Å². The van der Waals surface area contributed by atoms with Gasteiger partial charge in [-0.3, -0.25) is 4.98 Å². The average molecular weight is 287 g/mol. The van der Waals surface area contributed by atoms with Crippen LogP contribution in [0.5, 0.6) is 11.5 Å². The minimum Gasteiger partial charge on any atom is -0.490 e. The molecule has 0 N–H and O–H groups in total. The van der Waals surface area contributed by atoms with E-state index in [2.05, 4.69) is 29.2 Å². The number of nitrogens with zero attached hydrogens (tertiary/aromatic N) is 1. The monoisotopic (exact) mass is 287 g/mol. The van der Waals surface area contributed by atoms with Crippen LogP contribution in [0.4, 0.5) is 0 Å². The Labute approximate surface area is 123 Å². The second-order valence-electron chi connectivity index (χ2n) is 4.61. The van der Waals surface area contributed by atoms with Crippen LogP contribution in [0.25, 0.3) is 0 Å². The summed E-state index contributed by atoms with van der Waals surface area (Å²) < 4.78 is 11.3. The summed E-state index contributed by atoms with van der Waals surface area (Å²) in [6.07, 6.45) is 5.67. The predicted octanol–water partition coefficient (Wildman–Crippen LogP) is 3.58. The summed E-state index contributed by atoms with van der Waals surface area (Å²) in [6.45, 7) is 1.47. The number of hydrogen-bond acceptors (Lipinski definition) is 4. The van der Waals surface area contributed by atoms with Crippen LogP contribution in [0.15, 0.2) is 47.6 Å². The van der Waals surface area contributed by atoms with Gasteiger partial charge in [0.05, 0.1) is 13.2 Å². The highest BCUT2D eigenvalue weighted by atomic mass is 32.2. The number of pyridine rings is 1. The first-order valence-electron chi connectivity index (χ1n) is 6.83. The van der Waals surface area contributed by atoms with Crippen molar-refractivity contribution in [2.45, 2.75) is 17.7 Å². The number of aromatic nitrogens is 1. The summed E-state index contributed by atoms with van der Waals surface area (Å²) in [4.78, 5) is 5.26. The highest BCUT2D eigenvalue weighted by Gasteiger charge is 2.10. The molecule has 104 valence electrons. The molecule has 0 atom stereocenters. The van der Waals surface area contributed by atoms with E-state index in [4.69, 9.17) is 9.47 Å². The van der Waals surface area contributed by atoms with Gasteiger partial charge in [-0.2, -0.15) is 0 Å². The molecule has 0 saturated carbocycles. The summed E-state index contributed by atoms with van der Waals surface area (Å²) in [5.41, 5.74) is 1.32. The molecular formula is C16H17NO2S. The van der Waals surface area contributed by atoms with E-state index in [0.717, 1.165) is 43.3 Å². The van der Waals surface area contributed by atoms with Crippen LogP contribution in [-0.4, -0.2) is 24.0 Å². The zero-order valence-electron chi connectivity index (χ0n) is 11.2. The summed E-state index contributed by atoms with van der Waals surface area (Å²) in [7, 11) is 0. The molecule has 0 spiro atoms. The molecule has 0 fully saturated rings. The Kier molecular flexibility index (Phi) is 4.43. The maximum Gasteiger partial charge on any atom is 0.162 e. The van der Waals surface area contributed by atoms with Crippen LogP contribution in [0.1, 0.15) is 12.0 Å². The first-order valence-corrected chi connectivity index (χ1v) is 7.82. The van der Waals surface area contributed by atoms with E-state index < -0.39 is 0 Å². The lowest BCUT2D eigenvalue weighted by molar-refractivity contribution is 0.297. The molecule has 1 aromatic heterocycles. The Bertz CT molecular complexity index is 560. The lowest BCUT2D eigenvalue weighted by atomic mass is 10.2. The third-order valence-corrected chi connectivity index (χ3v) is 4.12. The molecule has 0 amide bonds. The highest BCUT2D eigenvalue weighted by Crippen LogP contribution is 2.33. The molecule has 2 heterocycles. The molecule has 0 radical (unpaired) electrons. The van der Waals surface area contributed by atoms with Gasteiger partial charge in [0.25, 0.3) is 0 Å². The number of thioether (sulfide) groups is 1. The zero-order valence-corrected chi connectivity index (χ0v) is 12.1. The Balaban J connectivity index is 1.59. The van der Waals surface area contributed by atoms with E-state index in [1.807, 2.05) is 30.2 Å². The highest BCUT2D eigenvalue weighted by molar-refractivity contribution is 7.99. The largest absolute Gasteiger partial charge is 0.490 e. The number of ether oxygens (including phenoxy) is 2. The topological polar surface area (TPSA) is 31.4 Å². The molecule has 3 rings (SSSR count). The van der Waals surface area contributed by atoms with Crippen molar-refractivity contribution in [3.8, 4) is 11.5 Å². The van der Waals surface area contributed by atoms with Crippen LogP contribution in [0.2, 0.25) is 0 Å². The van der Waals surface area contributed by atoms with Gasteiger partial charge in [-0.1, -0.05) is 0 Å². The molecular weight excluding hydrogens is 270 g/mol. The predicted molar refractivity (Wildman–Crippen MR) is 80.7 cm³/mol. The van der Waals surface area contributed by atoms with Gasteiger partial charge in [-0.05, 0) is 42.3 Å². The first-order chi connectivity index (χ1) is 9.92. The van der Waals surface area contributed by atoms with Crippen molar-refractivity contribution in [3.63, 3.8) is 0 Å². The lowest BCUT2D eigenvalue weighted by Crippen LogP contribution is -1.97. The second-order valence-corrected chi connectivity index (χ2v) is 5.78. The quantitative estimate of drug-likeness (QED) is 0.804. The molecule has 3 nitrogen and oxygen atoms in total. The smallest absolute Gasteiger partial charge is 0.162 e. The molecule has 1 aliphatic heterocycles. The van der Waals surface area contributed by atoms with Gasteiger partial charge >= 0.3 is 0 Å². The van der Waals surface area contributed by atoms with Gasteiger partial charge in [0.15, 0.2) is 11.5 Å². The Morgan fingerprint density at radius 3 is 2.65 bits per heavy atom. The van der Waals surface area contributed by atoms with Crippen LogP contribution in [-0.2, 0) is 6.42 Å². The molecule has 1 aliphatic rings. The molecule has 2 aromatic rings. The standard InChI is InChI=1S/C16H17NO2S/c1-9-18-15-3-2-14(12-16(15)19-10-1)20-11-6-13-4-7-17-8-5-13/h2-5,7-8,12H,1,6,9-11H2. The summed E-state index contributed by atoms with van der Waals surface area (Å²) in [5.74, 6) is 2.78. The van der Waals surface area contributed by atoms with Crippen molar-refractivity contribution in [1.82, 2.24) is 4.98 Å². The maximum atomic E-state index is 5.71. The molecule has 4 heteroatoms. The van der Waals surface area contributed by atoms with Gasteiger partial charge in [0, 0.05) is 29.5 Å². The van der Waals surface area contributed by atoms with E-state index in [1.165, 1.54) is 10.5 Å². The molecule has 20 heavy (non-hydrogen) atoms. The van der Waals surface area contributed by atoms with Crippen LogP contribution in [0, 0.1) is 0 Å². The van der Waals surface area contributed by atoms with Gasteiger partial charge in [-0.15, -0.1) is 11.8 Å². The van der Waals surface area contributed by atoms with Crippen molar-refractivity contribution < 1.29 is 9.47 Å². The third-order valence-electron chi connectivity index (χ3n) is 3.13. The minimum atomic E-state index is 0.734. The van der Waals surface area contributed by atoms with Crippen molar-refractivity contribution in [2.24, 2.45) is 0 Å². The van der Waals surface area contributed by atoms with Crippen molar-refractivity contribution in [1.29, 1.82) is 0 Å². The summed E-state index contributed by atoms with van der Waals surface area (Å²) in [6, 6.07) is 10.3. The van der Waals surface area contributed by atoms with E-state index in [1.54, 1.807) is 0 Å². The number of rotatable bonds is 4. The van der Waals surface area contributed by atoms with Gasteiger partial charge in [0.1, 0.15) is 0 Å². The van der Waals surface area contributed by atoms with E-state index >= 15 is 0 Å². The van der Waals surface area contributed by atoms with Crippen molar-refractivity contribution in [2.75, 3.05) is 19.0 Å². The fourth-order valence-corrected chi connectivity index (χ4v) is 3.00. The van der Waals surface area contributed by atoms with Crippen molar-refractivity contribution in [3.05, 3.63) is 48.3 Å². The van der Waals surface area contributed by atoms with Crippen LogP contribution in [0.3, 0.4) is 0 Å². The molecule has 0 saturated heterocycles. The third kappa shape index (κ3) is 3.45. The number of benzene rings is 1. The van der Waals surface area contributed by atoms with Gasteiger partial charge in [-0.25, -0.2) is 0 Å². The lowest BCUT2D eigenvalue weighted by Gasteiger charge is -2.09. The maximum absolute atomic E-state index is 5.71. The van der Waals surface area contributed by atoms with E-state index in [9.17, 15) is 0 Å². The fraction of sp³-hybridized carbons (Fsp3) is 0.312. The van der Waals surface area contributed by atoms with Gasteiger partial charge < -0.3 is 9.47 Å². The molecule has 0 bridgehead atoms. The first kappa shape index (κ1) is 13.3. The van der Waals surface area contributed by atoms with Crippen LogP contribution < -0.4 is 9.47 Å². The number of fused-ring (bicyclic) bond motifs is 1. The minimum absolute atomic E-state index is 0.734. The number of aryl methyl sites for hydroxylation is 1. The summed E-state index contributed by atoms with van der Waals surface area (Å²) in [5, 5.41) is 0. The SMILES string of the molecule is c1cc(CCSc2ccc3c(c2)OCCCO3)ccn1. The zero-order chi connectivity index (χ0) is 13.6. The fourth-order valence-electron chi connectivity index (χ4n) is 2.07. The average Bonchev–Trinajstić information content (AvgIpc) is 2.73. The number of hydrogen-bond donors (Lipinski definition) is 0. The van der Waals surface area contributed by atoms with Gasteiger partial charge in [0.2, 0.25) is 0 Å². The molecule has 0 unspecified atom stereocenters. The Morgan fingerprint density at radius 2 is 1.80 bits per heavy atom. The van der Waals surface area contributed by atoms with E-state index in [-0.39, 0.29) is 0 Å². The Hall–Kier alpha value is -1.68. The Morgan fingerprint density at radius 1 is 1.00 bits per heavy atom. The van der Waals surface area contributed by atoms with Crippen LogP contribution >= 0.6 is 11.8 Å². The molecule has 0 aliphatic carbocycles. The second kappa shape index (κ2) is 6.66. The summed E-state index contributed by atoms with van der Waals surface area (Å²) >= 11 is 1.84. The normalized spacial score (nSPS) is 13.8. The van der Waals surface area contributed by atoms with Crippen molar-refractivity contribution >= 4 is 11.8 Å². The molecule has 1 aromatic carbocycles.